The number of ether oxygens (including phenoxy) is 1. The van der Waals surface area contributed by atoms with E-state index in [9.17, 15) is 18.0 Å². The van der Waals surface area contributed by atoms with E-state index in [1.807, 2.05) is 6.07 Å². The fourth-order valence-corrected chi connectivity index (χ4v) is 4.19. The molecule has 160 valence electrons. The summed E-state index contributed by atoms with van der Waals surface area (Å²) in [5, 5.41) is 5.32. The van der Waals surface area contributed by atoms with Crippen LogP contribution in [0.2, 0.25) is 0 Å². The fourth-order valence-electron chi connectivity index (χ4n) is 3.13. The average Bonchev–Trinajstić information content (AvgIpc) is 3.30. The molecule has 0 spiro atoms. The zero-order valence-electron chi connectivity index (χ0n) is 16.7. The van der Waals surface area contributed by atoms with Crippen LogP contribution in [-0.4, -0.2) is 46.5 Å². The van der Waals surface area contributed by atoms with Gasteiger partial charge in [0.05, 0.1) is 11.0 Å². The molecular formula is C21H25N3O5S. The second-order valence-corrected chi connectivity index (χ2v) is 8.74. The molecule has 30 heavy (non-hydrogen) atoms. The highest BCUT2D eigenvalue weighted by Crippen LogP contribution is 2.14. The third-order valence-corrected chi connectivity index (χ3v) is 6.26. The van der Waals surface area contributed by atoms with Crippen molar-refractivity contribution in [2.24, 2.45) is 0 Å². The second kappa shape index (κ2) is 9.84. The van der Waals surface area contributed by atoms with Crippen molar-refractivity contribution in [2.75, 3.05) is 20.2 Å². The van der Waals surface area contributed by atoms with E-state index < -0.39 is 10.0 Å². The topological polar surface area (TPSA) is 114 Å². The highest BCUT2D eigenvalue weighted by Gasteiger charge is 2.20. The van der Waals surface area contributed by atoms with Gasteiger partial charge in [-0.3, -0.25) is 9.59 Å². The van der Waals surface area contributed by atoms with Gasteiger partial charge in [0.2, 0.25) is 10.0 Å². The lowest BCUT2D eigenvalue weighted by atomic mass is 10.1. The van der Waals surface area contributed by atoms with Gasteiger partial charge in [-0.05, 0) is 54.8 Å². The molecule has 2 aromatic rings. The van der Waals surface area contributed by atoms with Gasteiger partial charge in [0.1, 0.15) is 0 Å². The second-order valence-electron chi connectivity index (χ2n) is 6.97. The number of hydrogen-bond donors (Lipinski definition) is 3. The Morgan fingerprint density at radius 1 is 1.07 bits per heavy atom. The number of hydrogen-bond acceptors (Lipinski definition) is 5. The van der Waals surface area contributed by atoms with E-state index in [0.29, 0.717) is 17.7 Å². The molecule has 1 aliphatic heterocycles. The van der Waals surface area contributed by atoms with E-state index in [2.05, 4.69) is 15.4 Å². The van der Waals surface area contributed by atoms with Crippen LogP contribution in [0.5, 0.6) is 0 Å². The minimum absolute atomic E-state index is 0.0910. The van der Waals surface area contributed by atoms with Crippen molar-refractivity contribution in [1.29, 1.82) is 0 Å². The molecule has 2 aromatic carbocycles. The van der Waals surface area contributed by atoms with E-state index in [-0.39, 0.29) is 35.9 Å². The number of nitrogens with one attached hydrogen (secondary N) is 3. The summed E-state index contributed by atoms with van der Waals surface area (Å²) < 4.78 is 32.8. The lowest BCUT2D eigenvalue weighted by Crippen LogP contribution is -2.31. The van der Waals surface area contributed by atoms with Crippen LogP contribution in [0.4, 0.5) is 0 Å². The summed E-state index contributed by atoms with van der Waals surface area (Å²) in [6.45, 7) is 1.14. The molecule has 2 amide bonds. The normalized spacial score (nSPS) is 16.2. The van der Waals surface area contributed by atoms with Gasteiger partial charge in [-0.15, -0.1) is 0 Å². The number of rotatable bonds is 8. The van der Waals surface area contributed by atoms with Crippen LogP contribution in [0.1, 0.15) is 39.1 Å². The minimum Gasteiger partial charge on any atom is -0.377 e. The monoisotopic (exact) mass is 431 g/mol. The van der Waals surface area contributed by atoms with E-state index in [1.54, 1.807) is 25.2 Å². The maximum Gasteiger partial charge on any atom is 0.251 e. The van der Waals surface area contributed by atoms with Crippen molar-refractivity contribution >= 4 is 21.8 Å². The fraction of sp³-hybridized carbons (Fsp3) is 0.333. The number of benzene rings is 2. The van der Waals surface area contributed by atoms with Crippen LogP contribution in [0.25, 0.3) is 0 Å². The minimum atomic E-state index is -3.66. The smallest absolute Gasteiger partial charge is 0.251 e. The summed E-state index contributed by atoms with van der Waals surface area (Å²) in [5.41, 5.74) is 1.63. The Bertz CT molecular complexity index is 1000. The van der Waals surface area contributed by atoms with Gasteiger partial charge < -0.3 is 15.4 Å². The van der Waals surface area contributed by atoms with Crippen LogP contribution < -0.4 is 15.4 Å². The average molecular weight is 432 g/mol. The molecule has 1 atom stereocenters. The Balaban J connectivity index is 1.57. The Morgan fingerprint density at radius 3 is 2.50 bits per heavy atom. The van der Waals surface area contributed by atoms with Crippen LogP contribution in [-0.2, 0) is 21.3 Å². The molecule has 0 aliphatic carbocycles. The van der Waals surface area contributed by atoms with Crippen molar-refractivity contribution < 1.29 is 22.7 Å². The first kappa shape index (κ1) is 21.9. The van der Waals surface area contributed by atoms with Crippen LogP contribution in [0, 0.1) is 0 Å². The first-order valence-corrected chi connectivity index (χ1v) is 11.2. The van der Waals surface area contributed by atoms with Gasteiger partial charge in [0.15, 0.2) is 0 Å². The number of sulfonamides is 1. The number of amides is 2. The van der Waals surface area contributed by atoms with Crippen molar-refractivity contribution in [2.45, 2.75) is 30.4 Å². The summed E-state index contributed by atoms with van der Waals surface area (Å²) >= 11 is 0. The molecule has 0 radical (unpaired) electrons. The molecule has 1 heterocycles. The Hall–Kier alpha value is -2.75. The van der Waals surface area contributed by atoms with Gasteiger partial charge in [0, 0.05) is 37.9 Å². The molecule has 0 bridgehead atoms. The van der Waals surface area contributed by atoms with Crippen LogP contribution in [0.3, 0.4) is 0 Å². The first-order valence-electron chi connectivity index (χ1n) is 9.69. The molecule has 1 aliphatic rings. The van der Waals surface area contributed by atoms with Crippen LogP contribution >= 0.6 is 0 Å². The maximum absolute atomic E-state index is 12.4. The Labute approximate surface area is 176 Å². The van der Waals surface area contributed by atoms with E-state index in [1.165, 1.54) is 24.3 Å². The summed E-state index contributed by atoms with van der Waals surface area (Å²) in [7, 11) is -2.11. The Kier molecular flexibility index (Phi) is 7.20. The van der Waals surface area contributed by atoms with Crippen LogP contribution in [0.15, 0.2) is 53.4 Å². The summed E-state index contributed by atoms with van der Waals surface area (Å²) in [6.07, 6.45) is 1.69. The van der Waals surface area contributed by atoms with E-state index in [0.717, 1.165) is 18.4 Å². The molecule has 3 rings (SSSR count). The summed E-state index contributed by atoms with van der Waals surface area (Å²) in [6, 6.07) is 12.7. The first-order chi connectivity index (χ1) is 14.4. The van der Waals surface area contributed by atoms with Crippen molar-refractivity contribution in [3.63, 3.8) is 0 Å². The molecule has 9 heteroatoms. The summed E-state index contributed by atoms with van der Waals surface area (Å²) in [4.78, 5) is 24.2. The van der Waals surface area contributed by atoms with Crippen molar-refractivity contribution in [3.05, 3.63) is 65.2 Å². The van der Waals surface area contributed by atoms with Gasteiger partial charge in [-0.2, -0.15) is 0 Å². The van der Waals surface area contributed by atoms with Crippen molar-refractivity contribution in [3.8, 4) is 0 Å². The standard InChI is InChI=1S/C21H25N3O5S/c1-22-20(25)17-5-2-4-15(12-17)13-23-21(26)16-7-9-19(10-8-16)30(27,28)24-14-18-6-3-11-29-18/h2,4-5,7-10,12,18,24H,3,6,11,13-14H2,1H3,(H,22,25)(H,23,26). The number of carbonyl (C=O) groups is 2. The quantitative estimate of drug-likeness (QED) is 0.585. The third kappa shape index (κ3) is 5.65. The molecular weight excluding hydrogens is 406 g/mol. The van der Waals surface area contributed by atoms with E-state index in [4.69, 9.17) is 4.74 Å². The molecule has 0 saturated carbocycles. The highest BCUT2D eigenvalue weighted by atomic mass is 32.2. The Morgan fingerprint density at radius 2 is 1.83 bits per heavy atom. The van der Waals surface area contributed by atoms with Gasteiger partial charge in [-0.1, -0.05) is 12.1 Å². The molecule has 1 unspecified atom stereocenters. The molecule has 8 nitrogen and oxygen atoms in total. The molecule has 0 aromatic heterocycles. The molecule has 3 N–H and O–H groups in total. The SMILES string of the molecule is CNC(=O)c1cccc(CNC(=O)c2ccc(S(=O)(=O)NCC3CCCO3)cc2)c1. The summed E-state index contributed by atoms with van der Waals surface area (Å²) in [5.74, 6) is -0.537. The third-order valence-electron chi connectivity index (χ3n) is 4.82. The predicted octanol–water partition coefficient (Wildman–Crippen LogP) is 1.43. The predicted molar refractivity (Wildman–Crippen MR) is 112 cm³/mol. The van der Waals surface area contributed by atoms with Gasteiger partial charge in [-0.25, -0.2) is 13.1 Å². The molecule has 1 fully saturated rings. The van der Waals surface area contributed by atoms with Gasteiger partial charge in [0.25, 0.3) is 11.8 Å². The lowest BCUT2D eigenvalue weighted by Gasteiger charge is -2.12. The lowest BCUT2D eigenvalue weighted by molar-refractivity contribution is 0.0948. The zero-order valence-corrected chi connectivity index (χ0v) is 17.5. The number of carbonyl (C=O) groups excluding carboxylic acids is 2. The molecule has 1 saturated heterocycles. The van der Waals surface area contributed by atoms with Crippen molar-refractivity contribution in [1.82, 2.24) is 15.4 Å². The largest absolute Gasteiger partial charge is 0.377 e. The maximum atomic E-state index is 12.4. The highest BCUT2D eigenvalue weighted by molar-refractivity contribution is 7.89. The van der Waals surface area contributed by atoms with Gasteiger partial charge >= 0.3 is 0 Å². The zero-order chi connectivity index (χ0) is 21.6. The van der Waals surface area contributed by atoms with E-state index >= 15 is 0 Å².